The molecule has 0 fully saturated rings. The maximum absolute atomic E-state index is 12.4. The van der Waals surface area contributed by atoms with Gasteiger partial charge in [0.25, 0.3) is 6.43 Å². The zero-order chi connectivity index (χ0) is 13.1. The van der Waals surface area contributed by atoms with E-state index >= 15 is 0 Å². The van der Waals surface area contributed by atoms with E-state index in [1.165, 1.54) is 23.5 Å². The molecule has 1 heterocycles. The fourth-order valence-corrected chi connectivity index (χ4v) is 2.46. The summed E-state index contributed by atoms with van der Waals surface area (Å²) >= 11 is 1.24. The van der Waals surface area contributed by atoms with Crippen LogP contribution in [0.3, 0.4) is 0 Å². The number of aliphatic hydroxyl groups excluding tert-OH is 2. The maximum atomic E-state index is 12.4. The van der Waals surface area contributed by atoms with Gasteiger partial charge in [0.2, 0.25) is 0 Å². The number of benzene rings is 1. The summed E-state index contributed by atoms with van der Waals surface area (Å²) in [6.45, 7) is -0.440. The fourth-order valence-electron chi connectivity index (χ4n) is 1.53. The molecule has 2 N–H and O–H groups in total. The monoisotopic (exact) mass is 271 g/mol. The number of alkyl halides is 2. The van der Waals surface area contributed by atoms with E-state index in [1.54, 1.807) is 12.1 Å². The van der Waals surface area contributed by atoms with E-state index in [4.69, 9.17) is 10.2 Å². The van der Waals surface area contributed by atoms with Gasteiger partial charge in [-0.3, -0.25) is 0 Å². The summed E-state index contributed by atoms with van der Waals surface area (Å²) in [5, 5.41) is 18.7. The molecule has 18 heavy (non-hydrogen) atoms. The molecule has 0 bridgehead atoms. The van der Waals surface area contributed by atoms with Crippen molar-refractivity contribution in [1.29, 1.82) is 0 Å². The van der Waals surface area contributed by atoms with E-state index in [2.05, 4.69) is 4.98 Å². The van der Waals surface area contributed by atoms with Crippen molar-refractivity contribution in [1.82, 2.24) is 4.98 Å². The van der Waals surface area contributed by atoms with Crippen LogP contribution in [0.5, 0.6) is 0 Å². The number of aromatic nitrogens is 1. The quantitative estimate of drug-likeness (QED) is 0.899. The normalized spacial score (nSPS) is 11.2. The second kappa shape index (κ2) is 5.51. The van der Waals surface area contributed by atoms with Crippen LogP contribution in [0.15, 0.2) is 24.3 Å². The number of nitrogens with zero attached hydrogens (tertiary/aromatic N) is 1. The smallest absolute Gasteiger partial charge is 0.263 e. The third-order valence-electron chi connectivity index (χ3n) is 2.48. The van der Waals surface area contributed by atoms with Gasteiger partial charge in [-0.15, -0.1) is 11.3 Å². The van der Waals surface area contributed by atoms with Gasteiger partial charge in [-0.25, -0.2) is 13.8 Å². The first-order chi connectivity index (χ1) is 8.65. The minimum atomic E-state index is -2.49. The van der Waals surface area contributed by atoms with E-state index in [9.17, 15) is 8.78 Å². The van der Waals surface area contributed by atoms with Crippen LogP contribution < -0.4 is 0 Å². The molecule has 2 rings (SSSR count). The molecule has 0 saturated carbocycles. The van der Waals surface area contributed by atoms with E-state index in [-0.39, 0.29) is 18.8 Å². The second-order valence-electron chi connectivity index (χ2n) is 3.63. The van der Waals surface area contributed by atoms with Gasteiger partial charge in [0.15, 0.2) is 0 Å². The molecule has 0 aliphatic rings. The Morgan fingerprint density at radius 2 is 1.78 bits per heavy atom. The van der Waals surface area contributed by atoms with Crippen molar-refractivity contribution in [3.63, 3.8) is 0 Å². The number of thiazole rings is 1. The SMILES string of the molecule is OCc1nc(-c2ccc(C(F)F)cc2)sc1CO. The van der Waals surface area contributed by atoms with Crippen LogP contribution in [0.2, 0.25) is 0 Å². The summed E-state index contributed by atoms with van der Waals surface area (Å²) in [6.07, 6.45) is -2.49. The summed E-state index contributed by atoms with van der Waals surface area (Å²) < 4.78 is 24.8. The largest absolute Gasteiger partial charge is 0.391 e. The Morgan fingerprint density at radius 1 is 1.11 bits per heavy atom. The van der Waals surface area contributed by atoms with Gasteiger partial charge in [0.1, 0.15) is 5.01 Å². The molecular formula is C12H11F2NO2S. The topological polar surface area (TPSA) is 53.4 Å². The molecule has 1 aromatic heterocycles. The Balaban J connectivity index is 2.33. The van der Waals surface area contributed by atoms with Crippen LogP contribution in [-0.4, -0.2) is 15.2 Å². The third kappa shape index (κ3) is 2.55. The first kappa shape index (κ1) is 13.1. The van der Waals surface area contributed by atoms with Crippen LogP contribution in [0, 0.1) is 0 Å². The van der Waals surface area contributed by atoms with Gasteiger partial charge >= 0.3 is 0 Å². The van der Waals surface area contributed by atoms with E-state index in [0.29, 0.717) is 21.1 Å². The number of hydrogen-bond donors (Lipinski definition) is 2. The van der Waals surface area contributed by atoms with E-state index < -0.39 is 6.43 Å². The first-order valence-corrected chi connectivity index (χ1v) is 6.06. The molecule has 0 amide bonds. The van der Waals surface area contributed by atoms with Crippen molar-refractivity contribution < 1.29 is 19.0 Å². The van der Waals surface area contributed by atoms with Crippen LogP contribution in [0.1, 0.15) is 22.6 Å². The highest BCUT2D eigenvalue weighted by atomic mass is 32.1. The lowest BCUT2D eigenvalue weighted by molar-refractivity contribution is 0.151. The number of hydrogen-bond acceptors (Lipinski definition) is 4. The summed E-state index contributed by atoms with van der Waals surface area (Å²) in [4.78, 5) is 4.75. The van der Waals surface area contributed by atoms with Crippen molar-refractivity contribution in [3.8, 4) is 10.6 Å². The van der Waals surface area contributed by atoms with Gasteiger partial charge in [-0.05, 0) is 0 Å². The Hall–Kier alpha value is -1.37. The molecule has 96 valence electrons. The molecule has 0 aliphatic heterocycles. The zero-order valence-electron chi connectivity index (χ0n) is 9.31. The van der Waals surface area contributed by atoms with Gasteiger partial charge in [0.05, 0.1) is 23.8 Å². The highest BCUT2D eigenvalue weighted by Crippen LogP contribution is 2.29. The molecule has 0 unspecified atom stereocenters. The minimum absolute atomic E-state index is 0.0416. The lowest BCUT2D eigenvalue weighted by atomic mass is 10.1. The predicted octanol–water partition coefficient (Wildman–Crippen LogP) is 2.73. The summed E-state index contributed by atoms with van der Waals surface area (Å²) in [7, 11) is 0. The van der Waals surface area contributed by atoms with Crippen molar-refractivity contribution in [3.05, 3.63) is 40.4 Å². The predicted molar refractivity (Wildman–Crippen MR) is 64.4 cm³/mol. The van der Waals surface area contributed by atoms with Gasteiger partial charge < -0.3 is 10.2 Å². The molecule has 0 spiro atoms. The third-order valence-corrected chi connectivity index (χ3v) is 3.61. The highest BCUT2D eigenvalue weighted by molar-refractivity contribution is 7.15. The van der Waals surface area contributed by atoms with Crippen molar-refractivity contribution in [2.45, 2.75) is 19.6 Å². The Morgan fingerprint density at radius 3 is 2.22 bits per heavy atom. The van der Waals surface area contributed by atoms with Crippen LogP contribution in [0.4, 0.5) is 8.78 Å². The molecule has 0 aliphatic carbocycles. The van der Waals surface area contributed by atoms with Gasteiger partial charge in [-0.2, -0.15) is 0 Å². The molecule has 2 aromatic rings. The fraction of sp³-hybridized carbons (Fsp3) is 0.250. The van der Waals surface area contributed by atoms with E-state index in [1.807, 2.05) is 0 Å². The molecule has 3 nitrogen and oxygen atoms in total. The molecule has 1 aromatic carbocycles. The van der Waals surface area contributed by atoms with Crippen molar-refractivity contribution in [2.24, 2.45) is 0 Å². The molecule has 0 radical (unpaired) electrons. The summed E-state index contributed by atoms with van der Waals surface area (Å²) in [5.41, 5.74) is 1.08. The van der Waals surface area contributed by atoms with Crippen LogP contribution in [-0.2, 0) is 13.2 Å². The first-order valence-electron chi connectivity index (χ1n) is 5.24. The van der Waals surface area contributed by atoms with Crippen molar-refractivity contribution in [2.75, 3.05) is 0 Å². The lowest BCUT2D eigenvalue weighted by Crippen LogP contribution is -1.89. The molecule has 6 heteroatoms. The van der Waals surface area contributed by atoms with Crippen molar-refractivity contribution >= 4 is 11.3 Å². The standard InChI is InChI=1S/C12H11F2NO2S/c13-11(14)7-1-3-8(4-2-7)12-15-9(5-16)10(6-17)18-12/h1-4,11,16-17H,5-6H2. The summed E-state index contributed by atoms with van der Waals surface area (Å²) in [6, 6.07) is 5.81. The Kier molecular flexibility index (Phi) is 4.00. The molecule has 0 saturated heterocycles. The average molecular weight is 271 g/mol. The lowest BCUT2D eigenvalue weighted by Gasteiger charge is -2.00. The Bertz CT molecular complexity index is 504. The van der Waals surface area contributed by atoms with Gasteiger partial charge in [0, 0.05) is 11.1 Å². The van der Waals surface area contributed by atoms with Crippen LogP contribution >= 0.6 is 11.3 Å². The number of aliphatic hydroxyl groups is 2. The van der Waals surface area contributed by atoms with Gasteiger partial charge in [-0.1, -0.05) is 24.3 Å². The second-order valence-corrected chi connectivity index (χ2v) is 4.71. The van der Waals surface area contributed by atoms with Crippen LogP contribution in [0.25, 0.3) is 10.6 Å². The summed E-state index contributed by atoms with van der Waals surface area (Å²) in [5.74, 6) is 0. The number of rotatable bonds is 4. The maximum Gasteiger partial charge on any atom is 0.263 e. The zero-order valence-corrected chi connectivity index (χ0v) is 10.1. The molecular weight excluding hydrogens is 260 g/mol. The minimum Gasteiger partial charge on any atom is -0.391 e. The Labute approximate surface area is 106 Å². The molecule has 0 atom stereocenters. The van der Waals surface area contributed by atoms with E-state index in [0.717, 1.165) is 0 Å². The highest BCUT2D eigenvalue weighted by Gasteiger charge is 2.12. The average Bonchev–Trinajstić information content (AvgIpc) is 2.82. The number of halogens is 2.